The predicted octanol–water partition coefficient (Wildman–Crippen LogP) is 6.16. The second kappa shape index (κ2) is 12.6. The molecule has 0 saturated carbocycles. The number of amides is 1. The number of aromatic amines is 1. The number of aryl methyl sites for hydroxylation is 3. The van der Waals surface area contributed by atoms with Gasteiger partial charge in [-0.1, -0.05) is 79.6 Å². The molecule has 0 spiro atoms. The zero-order chi connectivity index (χ0) is 28.0. The third-order valence-electron chi connectivity index (χ3n) is 7.17. The Kier molecular flexibility index (Phi) is 9.25. The van der Waals surface area contributed by atoms with E-state index in [1.54, 1.807) is 4.90 Å². The maximum absolute atomic E-state index is 13.9. The molecule has 0 fully saturated rings. The van der Waals surface area contributed by atoms with Crippen LogP contribution in [0.15, 0.2) is 77.8 Å². The van der Waals surface area contributed by atoms with Crippen LogP contribution in [0.4, 0.5) is 0 Å². The number of aromatic nitrogens is 1. The van der Waals surface area contributed by atoms with Crippen molar-refractivity contribution in [2.24, 2.45) is 0 Å². The summed E-state index contributed by atoms with van der Waals surface area (Å²) in [5, 5.41) is 1.14. The first-order valence-corrected chi connectivity index (χ1v) is 15.1. The van der Waals surface area contributed by atoms with Gasteiger partial charge in [0.1, 0.15) is 0 Å². The molecule has 0 saturated heterocycles. The molecule has 1 aromatic heterocycles. The van der Waals surface area contributed by atoms with E-state index in [0.29, 0.717) is 48.5 Å². The van der Waals surface area contributed by atoms with Crippen LogP contribution in [-0.2, 0) is 27.8 Å². The van der Waals surface area contributed by atoms with Crippen molar-refractivity contribution in [2.45, 2.75) is 58.4 Å². The Bertz CT molecular complexity index is 1500. The summed E-state index contributed by atoms with van der Waals surface area (Å²) in [5.74, 6) is -0.194. The molecule has 1 heterocycles. The quantitative estimate of drug-likeness (QED) is 0.232. The van der Waals surface area contributed by atoms with Crippen molar-refractivity contribution in [3.63, 3.8) is 0 Å². The molecule has 0 bridgehead atoms. The van der Waals surface area contributed by atoms with Gasteiger partial charge in [0.2, 0.25) is 15.9 Å². The van der Waals surface area contributed by atoms with E-state index in [1.165, 1.54) is 4.31 Å². The minimum Gasteiger partial charge on any atom is -0.361 e. The lowest BCUT2D eigenvalue weighted by atomic mass is 10.1. The van der Waals surface area contributed by atoms with Gasteiger partial charge in [-0.15, -0.1) is 0 Å². The topological polar surface area (TPSA) is 73.5 Å². The molecule has 206 valence electrons. The number of H-pyrrole nitrogens is 1. The monoisotopic (exact) mass is 545 g/mol. The van der Waals surface area contributed by atoms with E-state index in [-0.39, 0.29) is 12.5 Å². The van der Waals surface area contributed by atoms with Gasteiger partial charge in [0, 0.05) is 36.7 Å². The zero-order valence-electron chi connectivity index (χ0n) is 23.4. The largest absolute Gasteiger partial charge is 0.361 e. The van der Waals surface area contributed by atoms with Crippen molar-refractivity contribution >= 4 is 26.8 Å². The molecule has 39 heavy (non-hydrogen) atoms. The summed E-state index contributed by atoms with van der Waals surface area (Å²) in [6.45, 7) is 8.67. The Morgan fingerprint density at radius 1 is 0.897 bits per heavy atom. The van der Waals surface area contributed by atoms with Crippen LogP contribution in [0.2, 0.25) is 0 Å². The third kappa shape index (κ3) is 6.78. The molecule has 4 aromatic rings. The van der Waals surface area contributed by atoms with Gasteiger partial charge in [-0.05, 0) is 61.9 Å². The van der Waals surface area contributed by atoms with Gasteiger partial charge >= 0.3 is 0 Å². The van der Waals surface area contributed by atoms with Crippen molar-refractivity contribution in [2.75, 3.05) is 19.6 Å². The van der Waals surface area contributed by atoms with Gasteiger partial charge in [-0.3, -0.25) is 4.79 Å². The number of fused-ring (bicyclic) bond motifs is 1. The molecule has 1 amide bonds. The molecule has 1 N–H and O–H groups in total. The fraction of sp³-hybridized carbons (Fsp3) is 0.344. The number of nitrogens with one attached hydrogen (secondary N) is 1. The molecule has 7 heteroatoms. The molecule has 4 rings (SSSR count). The first-order chi connectivity index (χ1) is 18.7. The molecule has 0 radical (unpaired) electrons. The number of benzene rings is 3. The van der Waals surface area contributed by atoms with Crippen molar-refractivity contribution in [1.82, 2.24) is 14.2 Å². The number of unbranched alkanes of at least 4 members (excludes halogenated alkanes) is 1. The number of para-hydroxylation sites is 1. The SMILES string of the molecule is CCCCN(CC(=O)N(CCc1c[nH]c2ccccc12)Cc1ccccc1)S(=O)(=O)c1c(C)cc(C)cc1C. The fourth-order valence-corrected chi connectivity index (χ4v) is 7.10. The Labute approximate surface area is 232 Å². The average molecular weight is 546 g/mol. The Hall–Kier alpha value is -3.42. The molecule has 0 aliphatic rings. The van der Waals surface area contributed by atoms with E-state index < -0.39 is 10.0 Å². The molecular weight excluding hydrogens is 506 g/mol. The Morgan fingerprint density at radius 3 is 2.26 bits per heavy atom. The number of hydrogen-bond donors (Lipinski definition) is 1. The van der Waals surface area contributed by atoms with E-state index in [2.05, 4.69) is 11.1 Å². The minimum absolute atomic E-state index is 0.185. The smallest absolute Gasteiger partial charge is 0.244 e. The highest BCUT2D eigenvalue weighted by atomic mass is 32.2. The van der Waals surface area contributed by atoms with E-state index in [4.69, 9.17) is 0 Å². The highest BCUT2D eigenvalue weighted by Crippen LogP contribution is 2.26. The lowest BCUT2D eigenvalue weighted by Crippen LogP contribution is -2.44. The molecule has 6 nitrogen and oxygen atoms in total. The molecule has 3 aromatic carbocycles. The summed E-state index contributed by atoms with van der Waals surface area (Å²) in [4.78, 5) is 19.3. The Balaban J connectivity index is 1.61. The van der Waals surface area contributed by atoms with Gasteiger partial charge in [0.05, 0.1) is 11.4 Å². The first kappa shape index (κ1) is 28.6. The number of carbonyl (C=O) groups is 1. The van der Waals surface area contributed by atoms with E-state index in [1.807, 2.05) is 94.6 Å². The molecule has 0 aliphatic carbocycles. The first-order valence-electron chi connectivity index (χ1n) is 13.7. The van der Waals surface area contributed by atoms with Gasteiger partial charge in [0.15, 0.2) is 0 Å². The summed E-state index contributed by atoms with van der Waals surface area (Å²) < 4.78 is 29.3. The van der Waals surface area contributed by atoms with Crippen LogP contribution in [0.3, 0.4) is 0 Å². The number of carbonyl (C=O) groups excluding carboxylic acids is 1. The van der Waals surface area contributed by atoms with Crippen LogP contribution in [0.25, 0.3) is 10.9 Å². The number of hydrogen-bond acceptors (Lipinski definition) is 3. The minimum atomic E-state index is -3.86. The van der Waals surface area contributed by atoms with E-state index in [9.17, 15) is 13.2 Å². The normalized spacial score (nSPS) is 11.8. The maximum atomic E-state index is 13.9. The second-order valence-electron chi connectivity index (χ2n) is 10.3. The third-order valence-corrected chi connectivity index (χ3v) is 9.32. The lowest BCUT2D eigenvalue weighted by molar-refractivity contribution is -0.132. The second-order valence-corrected chi connectivity index (χ2v) is 12.2. The summed E-state index contributed by atoms with van der Waals surface area (Å²) in [6.07, 6.45) is 4.18. The highest BCUT2D eigenvalue weighted by molar-refractivity contribution is 7.89. The van der Waals surface area contributed by atoms with Gasteiger partial charge < -0.3 is 9.88 Å². The van der Waals surface area contributed by atoms with Crippen LogP contribution in [0.5, 0.6) is 0 Å². The fourth-order valence-electron chi connectivity index (χ4n) is 5.26. The van der Waals surface area contributed by atoms with E-state index in [0.717, 1.165) is 34.0 Å². The number of rotatable bonds is 12. The van der Waals surface area contributed by atoms with Crippen molar-refractivity contribution in [1.29, 1.82) is 0 Å². The highest BCUT2D eigenvalue weighted by Gasteiger charge is 2.30. The molecule has 0 aliphatic heterocycles. The molecule has 0 atom stereocenters. The Morgan fingerprint density at radius 2 is 1.56 bits per heavy atom. The van der Waals surface area contributed by atoms with Gasteiger partial charge in [-0.25, -0.2) is 8.42 Å². The zero-order valence-corrected chi connectivity index (χ0v) is 24.2. The average Bonchev–Trinajstić information content (AvgIpc) is 3.31. The van der Waals surface area contributed by atoms with Crippen LogP contribution >= 0.6 is 0 Å². The lowest BCUT2D eigenvalue weighted by Gasteiger charge is -2.28. The van der Waals surface area contributed by atoms with Crippen molar-refractivity contribution < 1.29 is 13.2 Å². The van der Waals surface area contributed by atoms with Crippen LogP contribution in [-0.4, -0.2) is 48.1 Å². The van der Waals surface area contributed by atoms with E-state index >= 15 is 0 Å². The molecule has 0 unspecified atom stereocenters. The van der Waals surface area contributed by atoms with Gasteiger partial charge in [0.25, 0.3) is 0 Å². The number of sulfonamides is 1. The summed E-state index contributed by atoms with van der Waals surface area (Å²) in [7, 11) is -3.86. The van der Waals surface area contributed by atoms with Crippen LogP contribution in [0.1, 0.15) is 47.6 Å². The van der Waals surface area contributed by atoms with Crippen molar-refractivity contribution in [3.05, 3.63) is 101 Å². The van der Waals surface area contributed by atoms with Crippen molar-refractivity contribution in [3.8, 4) is 0 Å². The number of nitrogens with zero attached hydrogens (tertiary/aromatic N) is 2. The standard InChI is InChI=1S/C32H39N3O3S/c1-5-6-17-35(39(37,38)32-25(3)19-24(2)20-26(32)4)23-31(36)34(22-27-12-8-7-9-13-27)18-16-28-21-33-30-15-11-10-14-29(28)30/h7-15,19-21,33H,5-6,16-18,22-23H2,1-4H3. The maximum Gasteiger partial charge on any atom is 0.244 e. The van der Waals surface area contributed by atoms with Gasteiger partial charge in [-0.2, -0.15) is 4.31 Å². The molecular formula is C32H39N3O3S. The summed E-state index contributed by atoms with van der Waals surface area (Å²) >= 11 is 0. The van der Waals surface area contributed by atoms with Crippen LogP contribution in [0, 0.1) is 20.8 Å². The van der Waals surface area contributed by atoms with Crippen LogP contribution < -0.4 is 0 Å². The predicted molar refractivity (Wildman–Crippen MR) is 158 cm³/mol. The summed E-state index contributed by atoms with van der Waals surface area (Å²) in [6, 6.07) is 21.8. The summed E-state index contributed by atoms with van der Waals surface area (Å²) in [5.41, 5.74) is 5.65.